The first kappa shape index (κ1) is 38.5. The quantitative estimate of drug-likeness (QED) is 0.157. The van der Waals surface area contributed by atoms with Crippen molar-refractivity contribution < 1.29 is 121 Å². The summed E-state index contributed by atoms with van der Waals surface area (Å²) in [5, 5.41) is 34.5. The molecule has 39 heavy (non-hydrogen) atoms. The molecule has 0 amide bonds. The minimum absolute atomic E-state index is 0. The molecule has 0 spiro atoms. The Morgan fingerprint density at radius 2 is 1.44 bits per heavy atom. The first-order chi connectivity index (χ1) is 16.5. The molecule has 1 aromatic heterocycles. The molecule has 2 aromatic carbocycles. The third-order valence-corrected chi connectivity index (χ3v) is 6.37. The van der Waals surface area contributed by atoms with Gasteiger partial charge in [-0.05, 0) is 41.5 Å². The van der Waals surface area contributed by atoms with Crippen LogP contribution in [0.1, 0.15) is 47.2 Å². The molecule has 0 aliphatic carbocycles. The molecule has 0 bridgehead atoms. The maximum absolute atomic E-state index is 11.4. The van der Waals surface area contributed by atoms with Crippen LogP contribution in [0.4, 0.5) is 17.2 Å². The largest absolute Gasteiger partial charge is 1.00 e. The Bertz CT molecular complexity index is 1530. The number of carboxylic acid groups (broad SMARTS) is 2. The third-order valence-electron chi connectivity index (χ3n) is 4.77. The summed E-state index contributed by atoms with van der Waals surface area (Å²) >= 11 is 11.9. The van der Waals surface area contributed by atoms with Crippen LogP contribution in [0.25, 0.3) is 5.69 Å². The van der Waals surface area contributed by atoms with Crippen LogP contribution in [-0.2, 0) is 15.5 Å². The monoisotopic (exact) mass is 621 g/mol. The van der Waals surface area contributed by atoms with E-state index in [1.165, 1.54) is 0 Å². The van der Waals surface area contributed by atoms with E-state index in [0.29, 0.717) is 5.69 Å². The van der Waals surface area contributed by atoms with Gasteiger partial charge >= 0.3 is 88.7 Å². The van der Waals surface area contributed by atoms with E-state index >= 15 is 0 Å². The summed E-state index contributed by atoms with van der Waals surface area (Å²) in [5.74, 6) is -3.39. The summed E-state index contributed by atoms with van der Waals surface area (Å²) in [6.45, 7) is 5.33. The number of aromatic nitrogens is 2. The zero-order chi connectivity index (χ0) is 27.2. The average Bonchev–Trinajstić information content (AvgIpc) is 3.09. The maximum Gasteiger partial charge on any atom is 1.00 e. The van der Waals surface area contributed by atoms with E-state index < -0.39 is 48.5 Å². The fraction of sp³-hybridized carbons (Fsp3) is 0.190. The van der Waals surface area contributed by atoms with Gasteiger partial charge in [0.1, 0.15) is 15.8 Å². The molecule has 0 fully saturated rings. The Balaban J connectivity index is 0.00000481. The Kier molecular flexibility index (Phi) is 14.4. The van der Waals surface area contributed by atoms with Crippen LogP contribution in [0.5, 0.6) is 0 Å². The zero-order valence-electron chi connectivity index (χ0n) is 21.8. The standard InChI is InChI=1S/C21H19Cl2N5O7S.3Na/c1-21(2,3)17-16(26-25-14-7-13(23)15(8-12(14)22)36(33,34)35)18(24)28(27-17)11-5-9(19(29)30)4-10(6-11)20(31)32;;;/h4-8H,24H2,1-3H3,(H,29,30)(H,31,32)(H,33,34,35);;;/q;3*+1/p-3. The molecule has 3 rings (SSSR count). The van der Waals surface area contributed by atoms with Crippen molar-refractivity contribution in [2.24, 2.45) is 10.2 Å². The second-order valence-electron chi connectivity index (χ2n) is 8.48. The van der Waals surface area contributed by atoms with Gasteiger partial charge in [0.15, 0.2) is 11.5 Å². The predicted molar refractivity (Wildman–Crippen MR) is 124 cm³/mol. The molecule has 0 aliphatic rings. The Morgan fingerprint density at radius 3 is 1.87 bits per heavy atom. The number of anilines is 1. The normalized spacial score (nSPS) is 11.3. The number of carbonyl (C=O) groups is 2. The number of nitrogens with zero attached hydrogens (tertiary/aromatic N) is 4. The van der Waals surface area contributed by atoms with Gasteiger partial charge in [0.25, 0.3) is 0 Å². The molecular formula is C21H16Cl2N5Na3O7S. The van der Waals surface area contributed by atoms with Crippen LogP contribution in [0.15, 0.2) is 45.5 Å². The van der Waals surface area contributed by atoms with E-state index in [4.69, 9.17) is 28.9 Å². The topological polar surface area (TPSA) is 206 Å². The predicted octanol–water partition coefficient (Wildman–Crippen LogP) is -6.88. The van der Waals surface area contributed by atoms with Gasteiger partial charge in [-0.25, -0.2) is 13.1 Å². The van der Waals surface area contributed by atoms with Gasteiger partial charge < -0.3 is 30.1 Å². The summed E-state index contributed by atoms with van der Waals surface area (Å²) in [4.78, 5) is 22.0. The number of azo groups is 1. The second-order valence-corrected chi connectivity index (χ2v) is 10.6. The van der Waals surface area contributed by atoms with Crippen LogP contribution in [-0.4, -0.2) is 34.7 Å². The molecule has 3 aromatic rings. The Morgan fingerprint density at radius 1 is 0.923 bits per heavy atom. The number of nitrogens with two attached hydrogens (primary N) is 1. The molecule has 0 aliphatic heterocycles. The van der Waals surface area contributed by atoms with Crippen molar-refractivity contribution in [3.05, 3.63) is 57.2 Å². The number of benzene rings is 2. The molecule has 0 radical (unpaired) electrons. The molecule has 190 valence electrons. The number of carboxylic acids is 2. The summed E-state index contributed by atoms with van der Waals surface area (Å²) in [5.41, 5.74) is 4.88. The van der Waals surface area contributed by atoms with Crippen molar-refractivity contribution in [2.75, 3.05) is 5.73 Å². The van der Waals surface area contributed by atoms with Gasteiger partial charge in [-0.1, -0.05) is 44.0 Å². The first-order valence-electron chi connectivity index (χ1n) is 9.84. The molecule has 18 heteroatoms. The number of rotatable bonds is 6. The van der Waals surface area contributed by atoms with Crippen molar-refractivity contribution in [1.82, 2.24) is 9.78 Å². The molecule has 12 nitrogen and oxygen atoms in total. The van der Waals surface area contributed by atoms with Gasteiger partial charge in [-0.2, -0.15) is 5.10 Å². The SMILES string of the molecule is CC(C)(C)c1nn(-c2cc(C(=O)[O-])cc(C(=O)[O-])c2)c(N)c1N=Nc1cc(Cl)c(S(=O)(=O)[O-])cc1Cl.[Na+].[Na+].[Na+]. The molecule has 2 N–H and O–H groups in total. The van der Waals surface area contributed by atoms with Crippen molar-refractivity contribution in [2.45, 2.75) is 31.1 Å². The van der Waals surface area contributed by atoms with Crippen LogP contribution in [0.2, 0.25) is 10.0 Å². The second kappa shape index (κ2) is 14.6. The van der Waals surface area contributed by atoms with Crippen molar-refractivity contribution >= 4 is 62.5 Å². The van der Waals surface area contributed by atoms with E-state index in [-0.39, 0.29) is 117 Å². The fourth-order valence-electron chi connectivity index (χ4n) is 3.08. The minimum Gasteiger partial charge on any atom is -0.744 e. The summed E-state index contributed by atoms with van der Waals surface area (Å²) in [7, 11) is -4.88. The number of carbonyl (C=O) groups excluding carboxylic acids is 2. The van der Waals surface area contributed by atoms with E-state index in [1.807, 2.05) is 0 Å². The fourth-order valence-corrected chi connectivity index (χ4v) is 4.35. The average molecular weight is 622 g/mol. The van der Waals surface area contributed by atoms with Gasteiger partial charge in [-0.3, -0.25) is 0 Å². The van der Waals surface area contributed by atoms with Crippen molar-refractivity contribution in [3.63, 3.8) is 0 Å². The number of halogens is 2. The number of nitrogen functional groups attached to an aromatic ring is 1. The summed E-state index contributed by atoms with van der Waals surface area (Å²) in [6, 6.07) is 4.96. The van der Waals surface area contributed by atoms with Gasteiger partial charge in [0, 0.05) is 5.41 Å². The van der Waals surface area contributed by atoms with Crippen molar-refractivity contribution in [1.29, 1.82) is 0 Å². The van der Waals surface area contributed by atoms with E-state index in [0.717, 1.165) is 35.0 Å². The van der Waals surface area contributed by atoms with Crippen LogP contribution < -0.4 is 105 Å². The first-order valence-corrected chi connectivity index (χ1v) is 12.0. The molecular weight excluding hydrogens is 606 g/mol. The van der Waals surface area contributed by atoms with Gasteiger partial charge in [0.2, 0.25) is 0 Å². The Hall–Kier alpha value is -0.520. The number of hydrogen-bond acceptors (Lipinski definition) is 11. The van der Waals surface area contributed by atoms with Crippen LogP contribution in [0, 0.1) is 0 Å². The molecule has 1 heterocycles. The maximum atomic E-state index is 11.4. The van der Waals surface area contributed by atoms with Gasteiger partial charge in [-0.15, -0.1) is 10.2 Å². The Labute approximate surface area is 300 Å². The summed E-state index contributed by atoms with van der Waals surface area (Å²) < 4.78 is 35.0. The number of aromatic carboxylic acids is 2. The third kappa shape index (κ3) is 8.98. The van der Waals surface area contributed by atoms with E-state index in [2.05, 4.69) is 15.3 Å². The van der Waals surface area contributed by atoms with E-state index in [1.54, 1.807) is 20.8 Å². The molecule has 0 unspecified atom stereocenters. The minimum atomic E-state index is -4.88. The molecule has 0 atom stereocenters. The van der Waals surface area contributed by atoms with E-state index in [9.17, 15) is 32.8 Å². The summed E-state index contributed by atoms with van der Waals surface area (Å²) in [6.07, 6.45) is 0. The number of hydrogen-bond donors (Lipinski definition) is 1. The van der Waals surface area contributed by atoms with Gasteiger partial charge in [0.05, 0.1) is 38.3 Å². The molecule has 0 saturated carbocycles. The zero-order valence-corrected chi connectivity index (χ0v) is 30.1. The van der Waals surface area contributed by atoms with Crippen LogP contribution >= 0.6 is 23.2 Å². The van der Waals surface area contributed by atoms with Crippen molar-refractivity contribution in [3.8, 4) is 5.69 Å². The van der Waals surface area contributed by atoms with Crippen LogP contribution in [0.3, 0.4) is 0 Å². The smallest absolute Gasteiger partial charge is 0.744 e. The molecule has 0 saturated heterocycles.